The zero-order valence-corrected chi connectivity index (χ0v) is 18.5. The Morgan fingerprint density at radius 2 is 1.94 bits per heavy atom. The van der Waals surface area contributed by atoms with Gasteiger partial charge in [-0.25, -0.2) is 4.98 Å². The molecular weight excluding hydrogens is 406 g/mol. The van der Waals surface area contributed by atoms with E-state index in [0.717, 1.165) is 11.1 Å². The summed E-state index contributed by atoms with van der Waals surface area (Å²) >= 11 is 0. The smallest absolute Gasteiger partial charge is 0.253 e. The lowest BCUT2D eigenvalue weighted by atomic mass is 9.90. The van der Waals surface area contributed by atoms with Crippen molar-refractivity contribution in [2.45, 2.75) is 44.2 Å². The standard InChI is InChI=1S/C24H29N5O3/c1-18(19-6-4-3-5-7-19)12-22(30)28-10-8-24(32,9-11-28)16-29-17-25-21(13-23(29)31)20-14-26-27(2)15-20/h3-7,13-15,17-18,32H,8-12,16H2,1-2H3. The fraction of sp³-hybridized carbons (Fsp3) is 0.417. The van der Waals surface area contributed by atoms with Crippen molar-refractivity contribution < 1.29 is 9.90 Å². The quantitative estimate of drug-likeness (QED) is 0.641. The largest absolute Gasteiger partial charge is 0.388 e. The highest BCUT2D eigenvalue weighted by atomic mass is 16.3. The number of aryl methyl sites for hydroxylation is 1. The minimum Gasteiger partial charge on any atom is -0.388 e. The summed E-state index contributed by atoms with van der Waals surface area (Å²) in [5.41, 5.74) is 1.22. The van der Waals surface area contributed by atoms with Crippen molar-refractivity contribution >= 4 is 5.91 Å². The van der Waals surface area contributed by atoms with E-state index in [1.807, 2.05) is 35.2 Å². The molecule has 1 aromatic carbocycles. The molecule has 1 aliphatic heterocycles. The first-order valence-electron chi connectivity index (χ1n) is 10.9. The van der Waals surface area contributed by atoms with Crippen LogP contribution in [-0.4, -0.2) is 53.9 Å². The maximum absolute atomic E-state index is 12.8. The monoisotopic (exact) mass is 435 g/mol. The van der Waals surface area contributed by atoms with Crippen molar-refractivity contribution in [1.29, 1.82) is 0 Å². The van der Waals surface area contributed by atoms with E-state index in [2.05, 4.69) is 17.0 Å². The van der Waals surface area contributed by atoms with Gasteiger partial charge in [-0.1, -0.05) is 37.3 Å². The SMILES string of the molecule is CC(CC(=O)N1CCC(O)(Cn2cnc(-c3cnn(C)c3)cc2=O)CC1)c1ccccc1. The molecule has 32 heavy (non-hydrogen) atoms. The van der Waals surface area contributed by atoms with Gasteiger partial charge < -0.3 is 10.0 Å². The number of aromatic nitrogens is 4. The first-order valence-corrected chi connectivity index (χ1v) is 10.9. The highest BCUT2D eigenvalue weighted by molar-refractivity contribution is 5.77. The first-order chi connectivity index (χ1) is 15.3. The summed E-state index contributed by atoms with van der Waals surface area (Å²) in [5.74, 6) is 0.246. The fourth-order valence-corrected chi connectivity index (χ4v) is 4.19. The highest BCUT2D eigenvalue weighted by Gasteiger charge is 2.34. The maximum Gasteiger partial charge on any atom is 0.253 e. The molecule has 0 aliphatic carbocycles. The van der Waals surface area contributed by atoms with Gasteiger partial charge in [0.25, 0.3) is 5.56 Å². The molecule has 168 valence electrons. The summed E-state index contributed by atoms with van der Waals surface area (Å²) in [6.07, 6.45) is 6.23. The van der Waals surface area contributed by atoms with E-state index >= 15 is 0 Å². The van der Waals surface area contributed by atoms with E-state index in [-0.39, 0.29) is 23.9 Å². The van der Waals surface area contributed by atoms with Crippen LogP contribution in [0, 0.1) is 0 Å². The highest BCUT2D eigenvalue weighted by Crippen LogP contribution is 2.26. The summed E-state index contributed by atoms with van der Waals surface area (Å²) < 4.78 is 3.09. The van der Waals surface area contributed by atoms with Crippen LogP contribution in [0.25, 0.3) is 11.3 Å². The maximum atomic E-state index is 12.8. The molecule has 1 amide bonds. The minimum absolute atomic E-state index is 0.100. The molecule has 0 radical (unpaired) electrons. The lowest BCUT2D eigenvalue weighted by molar-refractivity contribution is -0.136. The van der Waals surface area contributed by atoms with Crippen molar-refractivity contribution in [1.82, 2.24) is 24.2 Å². The van der Waals surface area contributed by atoms with Crippen LogP contribution in [0.15, 0.2) is 59.9 Å². The molecule has 0 bridgehead atoms. The van der Waals surface area contributed by atoms with E-state index < -0.39 is 5.60 Å². The second-order valence-electron chi connectivity index (χ2n) is 8.76. The van der Waals surface area contributed by atoms with Crippen molar-refractivity contribution in [3.05, 3.63) is 71.0 Å². The van der Waals surface area contributed by atoms with Crippen LogP contribution in [-0.2, 0) is 18.4 Å². The van der Waals surface area contributed by atoms with Gasteiger partial charge in [-0.15, -0.1) is 0 Å². The number of aliphatic hydroxyl groups is 1. The number of benzene rings is 1. The molecule has 0 saturated carbocycles. The number of amides is 1. The van der Waals surface area contributed by atoms with Crippen LogP contribution in [0.5, 0.6) is 0 Å². The van der Waals surface area contributed by atoms with Gasteiger partial charge in [0.1, 0.15) is 0 Å². The third-order valence-electron chi connectivity index (χ3n) is 6.24. The Balaban J connectivity index is 1.35. The van der Waals surface area contributed by atoms with Gasteiger partial charge in [-0.3, -0.25) is 18.8 Å². The normalized spacial score (nSPS) is 16.7. The Bertz CT molecular complexity index is 1130. The van der Waals surface area contributed by atoms with Crippen molar-refractivity contribution in [2.24, 2.45) is 7.05 Å². The number of nitrogens with zero attached hydrogens (tertiary/aromatic N) is 5. The molecule has 0 spiro atoms. The second kappa shape index (κ2) is 9.08. The number of carbonyl (C=O) groups is 1. The number of likely N-dealkylation sites (tertiary alicyclic amines) is 1. The molecule has 1 fully saturated rings. The van der Waals surface area contributed by atoms with Gasteiger partial charge >= 0.3 is 0 Å². The third kappa shape index (κ3) is 4.96. The number of rotatable bonds is 6. The average Bonchev–Trinajstić information content (AvgIpc) is 3.22. The molecule has 4 rings (SSSR count). The topological polar surface area (TPSA) is 93.2 Å². The van der Waals surface area contributed by atoms with E-state index in [1.54, 1.807) is 24.1 Å². The van der Waals surface area contributed by atoms with Crippen molar-refractivity contribution in [3.8, 4) is 11.3 Å². The summed E-state index contributed by atoms with van der Waals surface area (Å²) in [5, 5.41) is 15.2. The first kappa shape index (κ1) is 22.0. The van der Waals surface area contributed by atoms with Crippen LogP contribution in [0.2, 0.25) is 0 Å². The van der Waals surface area contributed by atoms with Crippen LogP contribution in [0.3, 0.4) is 0 Å². The molecular formula is C24H29N5O3. The van der Waals surface area contributed by atoms with Crippen molar-refractivity contribution in [3.63, 3.8) is 0 Å². The zero-order chi connectivity index (χ0) is 22.7. The van der Waals surface area contributed by atoms with Gasteiger partial charge in [-0.05, 0) is 24.3 Å². The Morgan fingerprint density at radius 3 is 2.56 bits per heavy atom. The molecule has 8 heteroatoms. The van der Waals surface area contributed by atoms with Gasteiger partial charge in [-0.2, -0.15) is 5.10 Å². The van der Waals surface area contributed by atoms with Gasteiger partial charge in [0, 0.05) is 44.4 Å². The zero-order valence-electron chi connectivity index (χ0n) is 18.5. The van der Waals surface area contributed by atoms with Gasteiger partial charge in [0.2, 0.25) is 5.91 Å². The molecule has 1 atom stereocenters. The Kier molecular flexibility index (Phi) is 6.23. The molecule has 1 saturated heterocycles. The number of hydrogen-bond acceptors (Lipinski definition) is 5. The molecule has 1 N–H and O–H groups in total. The van der Waals surface area contributed by atoms with Crippen LogP contribution in [0.1, 0.15) is 37.7 Å². The lowest BCUT2D eigenvalue weighted by Gasteiger charge is -2.38. The average molecular weight is 436 g/mol. The third-order valence-corrected chi connectivity index (χ3v) is 6.24. The van der Waals surface area contributed by atoms with E-state index in [9.17, 15) is 14.7 Å². The predicted octanol–water partition coefficient (Wildman–Crippen LogP) is 2.19. The Hall–Kier alpha value is -3.26. The van der Waals surface area contributed by atoms with E-state index in [0.29, 0.717) is 38.0 Å². The van der Waals surface area contributed by atoms with Crippen LogP contribution >= 0.6 is 0 Å². The van der Waals surface area contributed by atoms with Crippen molar-refractivity contribution in [2.75, 3.05) is 13.1 Å². The number of carbonyl (C=O) groups excluding carboxylic acids is 1. The van der Waals surface area contributed by atoms with Crippen LogP contribution in [0.4, 0.5) is 0 Å². The van der Waals surface area contributed by atoms with Crippen LogP contribution < -0.4 is 5.56 Å². The Labute approximate surface area is 187 Å². The molecule has 3 aromatic rings. The minimum atomic E-state index is -1.04. The second-order valence-corrected chi connectivity index (χ2v) is 8.76. The van der Waals surface area contributed by atoms with E-state index in [4.69, 9.17) is 0 Å². The Morgan fingerprint density at radius 1 is 1.22 bits per heavy atom. The lowest BCUT2D eigenvalue weighted by Crippen LogP contribution is -2.49. The number of piperidine rings is 1. The summed E-state index contributed by atoms with van der Waals surface area (Å²) in [6.45, 7) is 3.18. The molecule has 3 heterocycles. The van der Waals surface area contributed by atoms with Gasteiger partial charge in [0.15, 0.2) is 0 Å². The summed E-state index contributed by atoms with van der Waals surface area (Å²) in [6, 6.07) is 11.5. The van der Waals surface area contributed by atoms with Gasteiger partial charge in [0.05, 0.1) is 30.4 Å². The molecule has 1 unspecified atom stereocenters. The number of hydrogen-bond donors (Lipinski definition) is 1. The predicted molar refractivity (Wildman–Crippen MR) is 121 cm³/mol. The summed E-state index contributed by atoms with van der Waals surface area (Å²) in [7, 11) is 1.81. The molecule has 2 aromatic heterocycles. The van der Waals surface area contributed by atoms with E-state index in [1.165, 1.54) is 17.0 Å². The molecule has 1 aliphatic rings. The molecule has 8 nitrogen and oxygen atoms in total. The summed E-state index contributed by atoms with van der Waals surface area (Å²) in [4.78, 5) is 31.5. The fourth-order valence-electron chi connectivity index (χ4n) is 4.19.